The van der Waals surface area contributed by atoms with Gasteiger partial charge in [0.25, 0.3) is 0 Å². The van der Waals surface area contributed by atoms with Gasteiger partial charge in [-0.3, -0.25) is 4.90 Å². The molecule has 0 aromatic rings. The molecule has 1 saturated heterocycles. The third kappa shape index (κ3) is 4.40. The SMILES string of the molecule is COCC(C)NCCN1CCCC(C)C1C. The Labute approximate surface area is 101 Å². The molecule has 3 heteroatoms. The maximum atomic E-state index is 5.11. The highest BCUT2D eigenvalue weighted by molar-refractivity contribution is 4.79. The van der Waals surface area contributed by atoms with Crippen LogP contribution in [0.25, 0.3) is 0 Å². The fourth-order valence-corrected chi connectivity index (χ4v) is 2.50. The Bertz CT molecular complexity index is 187. The van der Waals surface area contributed by atoms with Crippen LogP contribution in [0.5, 0.6) is 0 Å². The predicted octanol–water partition coefficient (Wildman–Crippen LogP) is 1.73. The van der Waals surface area contributed by atoms with Gasteiger partial charge < -0.3 is 10.1 Å². The Kier molecular flexibility index (Phi) is 6.32. The van der Waals surface area contributed by atoms with Crippen molar-refractivity contribution in [2.24, 2.45) is 5.92 Å². The van der Waals surface area contributed by atoms with E-state index in [1.165, 1.54) is 25.9 Å². The van der Waals surface area contributed by atoms with Crippen LogP contribution in [0, 0.1) is 5.92 Å². The van der Waals surface area contributed by atoms with Crippen molar-refractivity contribution in [3.8, 4) is 0 Å². The van der Waals surface area contributed by atoms with Crippen LogP contribution in [0.15, 0.2) is 0 Å². The number of rotatable bonds is 6. The van der Waals surface area contributed by atoms with Crippen LogP contribution in [0.1, 0.15) is 33.6 Å². The molecule has 3 nitrogen and oxygen atoms in total. The largest absolute Gasteiger partial charge is 0.383 e. The minimum absolute atomic E-state index is 0.461. The van der Waals surface area contributed by atoms with E-state index >= 15 is 0 Å². The number of hydrogen-bond donors (Lipinski definition) is 1. The average Bonchev–Trinajstić information content (AvgIpc) is 2.25. The van der Waals surface area contributed by atoms with Gasteiger partial charge in [0.05, 0.1) is 6.61 Å². The molecule has 0 aliphatic carbocycles. The molecule has 0 aromatic heterocycles. The lowest BCUT2D eigenvalue weighted by atomic mass is 9.92. The summed E-state index contributed by atoms with van der Waals surface area (Å²) < 4.78 is 5.11. The second-order valence-corrected chi connectivity index (χ2v) is 5.21. The van der Waals surface area contributed by atoms with Crippen LogP contribution in [-0.4, -0.2) is 50.3 Å². The molecule has 1 aliphatic heterocycles. The van der Waals surface area contributed by atoms with E-state index in [2.05, 4.69) is 31.0 Å². The first-order valence-corrected chi connectivity index (χ1v) is 6.61. The lowest BCUT2D eigenvalue weighted by Gasteiger charge is -2.38. The van der Waals surface area contributed by atoms with Crippen molar-refractivity contribution in [1.29, 1.82) is 0 Å². The van der Waals surface area contributed by atoms with Gasteiger partial charge in [0.2, 0.25) is 0 Å². The molecule has 16 heavy (non-hydrogen) atoms. The zero-order valence-corrected chi connectivity index (χ0v) is 11.3. The van der Waals surface area contributed by atoms with Crippen molar-refractivity contribution in [2.45, 2.75) is 45.7 Å². The van der Waals surface area contributed by atoms with Crippen molar-refractivity contribution in [2.75, 3.05) is 33.4 Å². The molecule has 1 aliphatic rings. The van der Waals surface area contributed by atoms with Crippen LogP contribution in [-0.2, 0) is 4.74 Å². The maximum Gasteiger partial charge on any atom is 0.0613 e. The molecule has 1 rings (SSSR count). The van der Waals surface area contributed by atoms with Crippen molar-refractivity contribution in [3.63, 3.8) is 0 Å². The molecular formula is C13H28N2O. The van der Waals surface area contributed by atoms with Crippen molar-refractivity contribution < 1.29 is 4.74 Å². The van der Waals surface area contributed by atoms with Crippen molar-refractivity contribution in [3.05, 3.63) is 0 Å². The quantitative estimate of drug-likeness (QED) is 0.749. The van der Waals surface area contributed by atoms with Gasteiger partial charge in [-0.1, -0.05) is 6.92 Å². The summed E-state index contributed by atoms with van der Waals surface area (Å²) in [6.45, 7) is 11.2. The van der Waals surface area contributed by atoms with Crippen LogP contribution in [0.4, 0.5) is 0 Å². The smallest absolute Gasteiger partial charge is 0.0613 e. The molecule has 1 fully saturated rings. The Morgan fingerprint density at radius 2 is 2.19 bits per heavy atom. The third-order valence-electron chi connectivity index (χ3n) is 3.81. The van der Waals surface area contributed by atoms with Gasteiger partial charge in [0, 0.05) is 32.3 Å². The second kappa shape index (κ2) is 7.25. The number of nitrogens with one attached hydrogen (secondary N) is 1. The van der Waals surface area contributed by atoms with Crippen LogP contribution >= 0.6 is 0 Å². The van der Waals surface area contributed by atoms with Gasteiger partial charge in [-0.15, -0.1) is 0 Å². The number of methoxy groups -OCH3 is 1. The molecule has 0 radical (unpaired) electrons. The lowest BCUT2D eigenvalue weighted by molar-refractivity contribution is 0.111. The lowest BCUT2D eigenvalue weighted by Crippen LogP contribution is -2.46. The molecule has 3 atom stereocenters. The fraction of sp³-hybridized carbons (Fsp3) is 1.00. The summed E-state index contributed by atoms with van der Waals surface area (Å²) in [5.74, 6) is 0.852. The van der Waals surface area contributed by atoms with E-state index in [0.717, 1.165) is 25.1 Å². The molecule has 0 spiro atoms. The van der Waals surface area contributed by atoms with E-state index in [4.69, 9.17) is 4.74 Å². The van der Waals surface area contributed by atoms with E-state index in [1.807, 2.05) is 0 Å². The van der Waals surface area contributed by atoms with Gasteiger partial charge in [0.1, 0.15) is 0 Å². The summed E-state index contributed by atoms with van der Waals surface area (Å²) in [5.41, 5.74) is 0. The van der Waals surface area contributed by atoms with Crippen LogP contribution in [0.2, 0.25) is 0 Å². The molecule has 0 bridgehead atoms. The van der Waals surface area contributed by atoms with Crippen molar-refractivity contribution in [1.82, 2.24) is 10.2 Å². The monoisotopic (exact) mass is 228 g/mol. The third-order valence-corrected chi connectivity index (χ3v) is 3.81. The molecule has 0 saturated carbocycles. The fourth-order valence-electron chi connectivity index (χ4n) is 2.50. The highest BCUT2D eigenvalue weighted by Gasteiger charge is 2.23. The molecule has 0 amide bonds. The normalized spacial score (nSPS) is 29.2. The Balaban J connectivity index is 2.16. The van der Waals surface area contributed by atoms with Crippen LogP contribution in [0.3, 0.4) is 0 Å². The Hall–Kier alpha value is -0.120. The standard InChI is InChI=1S/C13H28N2O/c1-11-6-5-8-15(13(11)3)9-7-14-12(2)10-16-4/h11-14H,5-10H2,1-4H3. The Morgan fingerprint density at radius 1 is 1.44 bits per heavy atom. The minimum atomic E-state index is 0.461. The average molecular weight is 228 g/mol. The number of nitrogens with zero attached hydrogens (tertiary/aromatic N) is 1. The highest BCUT2D eigenvalue weighted by atomic mass is 16.5. The first-order valence-electron chi connectivity index (χ1n) is 6.61. The number of ether oxygens (including phenoxy) is 1. The zero-order valence-electron chi connectivity index (χ0n) is 11.3. The van der Waals surface area contributed by atoms with Gasteiger partial charge in [-0.2, -0.15) is 0 Å². The molecule has 3 unspecified atom stereocenters. The van der Waals surface area contributed by atoms with E-state index in [-0.39, 0.29) is 0 Å². The topological polar surface area (TPSA) is 24.5 Å². The van der Waals surface area contributed by atoms with Gasteiger partial charge in [-0.25, -0.2) is 0 Å². The second-order valence-electron chi connectivity index (χ2n) is 5.21. The van der Waals surface area contributed by atoms with E-state index < -0.39 is 0 Å². The first kappa shape index (κ1) is 13.9. The summed E-state index contributed by atoms with van der Waals surface area (Å²) in [6.07, 6.45) is 2.75. The van der Waals surface area contributed by atoms with E-state index in [9.17, 15) is 0 Å². The maximum absolute atomic E-state index is 5.11. The molecule has 1 heterocycles. The number of likely N-dealkylation sites (tertiary alicyclic amines) is 1. The molecular weight excluding hydrogens is 200 g/mol. The first-order chi connectivity index (χ1) is 7.65. The van der Waals surface area contributed by atoms with Gasteiger partial charge in [0.15, 0.2) is 0 Å². The summed E-state index contributed by atoms with van der Waals surface area (Å²) >= 11 is 0. The molecule has 96 valence electrons. The predicted molar refractivity (Wildman–Crippen MR) is 68.8 cm³/mol. The Morgan fingerprint density at radius 3 is 2.88 bits per heavy atom. The van der Waals surface area contributed by atoms with Crippen LogP contribution < -0.4 is 5.32 Å². The van der Waals surface area contributed by atoms with Crippen molar-refractivity contribution >= 4 is 0 Å². The summed E-state index contributed by atoms with van der Waals surface area (Å²) in [5, 5.41) is 3.50. The zero-order chi connectivity index (χ0) is 12.0. The highest BCUT2D eigenvalue weighted by Crippen LogP contribution is 2.21. The summed E-state index contributed by atoms with van der Waals surface area (Å²) in [4.78, 5) is 2.61. The minimum Gasteiger partial charge on any atom is -0.383 e. The van der Waals surface area contributed by atoms with Gasteiger partial charge >= 0.3 is 0 Å². The van der Waals surface area contributed by atoms with E-state index in [0.29, 0.717) is 6.04 Å². The number of piperidine rings is 1. The summed E-state index contributed by atoms with van der Waals surface area (Å²) in [6, 6.07) is 1.20. The summed E-state index contributed by atoms with van der Waals surface area (Å²) in [7, 11) is 1.76. The molecule has 0 aromatic carbocycles. The van der Waals surface area contributed by atoms with E-state index in [1.54, 1.807) is 7.11 Å². The molecule has 1 N–H and O–H groups in total. The van der Waals surface area contributed by atoms with Gasteiger partial charge in [-0.05, 0) is 39.2 Å². The number of hydrogen-bond acceptors (Lipinski definition) is 3.